The summed E-state index contributed by atoms with van der Waals surface area (Å²) in [7, 11) is -3.77. The highest BCUT2D eigenvalue weighted by Gasteiger charge is 2.17. The van der Waals surface area contributed by atoms with E-state index in [1.54, 1.807) is 6.92 Å². The van der Waals surface area contributed by atoms with Crippen LogP contribution in [0.25, 0.3) is 0 Å². The molecule has 82 valence electrons. The van der Waals surface area contributed by atoms with Crippen molar-refractivity contribution in [3.05, 3.63) is 42.2 Å². The van der Waals surface area contributed by atoms with Gasteiger partial charge in [0.1, 0.15) is 10.7 Å². The summed E-state index contributed by atoms with van der Waals surface area (Å²) in [4.78, 5) is -0.341. The van der Waals surface area contributed by atoms with Gasteiger partial charge in [0.15, 0.2) is 0 Å². The van der Waals surface area contributed by atoms with Crippen molar-refractivity contribution in [2.45, 2.75) is 11.8 Å². The highest BCUT2D eigenvalue weighted by atomic mass is 32.2. The summed E-state index contributed by atoms with van der Waals surface area (Å²) in [6, 6.07) is 5.23. The monoisotopic (exact) mass is 229 g/mol. The Morgan fingerprint density at radius 2 is 2.07 bits per heavy atom. The second kappa shape index (κ2) is 4.55. The summed E-state index contributed by atoms with van der Waals surface area (Å²) in [5, 5.41) is 0. The number of rotatable bonds is 4. The van der Waals surface area contributed by atoms with Crippen molar-refractivity contribution in [2.24, 2.45) is 0 Å². The molecule has 0 saturated heterocycles. The second-order valence-corrected chi connectivity index (χ2v) is 4.95. The lowest BCUT2D eigenvalue weighted by Gasteiger charge is -2.06. The van der Waals surface area contributed by atoms with Gasteiger partial charge in [0, 0.05) is 6.54 Å². The van der Waals surface area contributed by atoms with Gasteiger partial charge in [-0.05, 0) is 19.1 Å². The van der Waals surface area contributed by atoms with Gasteiger partial charge in [0.2, 0.25) is 10.0 Å². The number of halogens is 1. The summed E-state index contributed by atoms with van der Waals surface area (Å²) in [6.45, 7) is 5.35. The van der Waals surface area contributed by atoms with E-state index in [0.29, 0.717) is 5.57 Å². The molecule has 1 N–H and O–H groups in total. The van der Waals surface area contributed by atoms with E-state index in [0.717, 1.165) is 6.07 Å². The molecule has 0 aliphatic carbocycles. The first kappa shape index (κ1) is 11.9. The van der Waals surface area contributed by atoms with E-state index in [1.165, 1.54) is 18.2 Å². The van der Waals surface area contributed by atoms with Crippen molar-refractivity contribution in [3.8, 4) is 0 Å². The fraction of sp³-hybridized carbons (Fsp3) is 0.200. The third-order valence-corrected chi connectivity index (χ3v) is 3.12. The van der Waals surface area contributed by atoms with Gasteiger partial charge in [0.25, 0.3) is 0 Å². The highest BCUT2D eigenvalue weighted by molar-refractivity contribution is 7.89. The molecule has 0 fully saturated rings. The van der Waals surface area contributed by atoms with Gasteiger partial charge >= 0.3 is 0 Å². The van der Waals surface area contributed by atoms with Crippen molar-refractivity contribution in [1.29, 1.82) is 0 Å². The van der Waals surface area contributed by atoms with E-state index in [-0.39, 0.29) is 11.4 Å². The number of nitrogens with one attached hydrogen (secondary N) is 1. The smallest absolute Gasteiger partial charge is 0.207 e. The van der Waals surface area contributed by atoms with Crippen molar-refractivity contribution < 1.29 is 12.8 Å². The summed E-state index contributed by atoms with van der Waals surface area (Å²) in [5.41, 5.74) is 0.662. The number of hydrogen-bond acceptors (Lipinski definition) is 2. The average Bonchev–Trinajstić information content (AvgIpc) is 2.15. The van der Waals surface area contributed by atoms with Crippen LogP contribution in [0, 0.1) is 5.82 Å². The highest BCUT2D eigenvalue weighted by Crippen LogP contribution is 2.12. The van der Waals surface area contributed by atoms with Crippen LogP contribution < -0.4 is 4.72 Å². The van der Waals surface area contributed by atoms with E-state index >= 15 is 0 Å². The summed E-state index contributed by atoms with van der Waals surface area (Å²) < 4.78 is 38.5. The third kappa shape index (κ3) is 3.14. The minimum atomic E-state index is -3.77. The normalized spacial score (nSPS) is 11.3. The van der Waals surface area contributed by atoms with Crippen molar-refractivity contribution in [2.75, 3.05) is 6.54 Å². The van der Waals surface area contributed by atoms with Gasteiger partial charge in [-0.3, -0.25) is 0 Å². The molecule has 0 aliphatic heterocycles. The topological polar surface area (TPSA) is 46.2 Å². The van der Waals surface area contributed by atoms with Crippen LogP contribution in [0.3, 0.4) is 0 Å². The van der Waals surface area contributed by atoms with Crippen LogP contribution in [-0.4, -0.2) is 15.0 Å². The molecular formula is C10H12FNO2S. The Balaban J connectivity index is 2.97. The van der Waals surface area contributed by atoms with Crippen LogP contribution in [-0.2, 0) is 10.0 Å². The Hall–Kier alpha value is -1.20. The predicted octanol–water partition coefficient (Wildman–Crippen LogP) is 1.68. The van der Waals surface area contributed by atoms with E-state index in [1.807, 2.05) is 0 Å². The number of sulfonamides is 1. The van der Waals surface area contributed by atoms with E-state index in [2.05, 4.69) is 11.3 Å². The predicted molar refractivity (Wildman–Crippen MR) is 56.4 cm³/mol. The Labute approximate surface area is 88.7 Å². The third-order valence-electron chi connectivity index (χ3n) is 1.69. The second-order valence-electron chi connectivity index (χ2n) is 3.21. The maximum Gasteiger partial charge on any atom is 0.243 e. The molecule has 1 aromatic carbocycles. The molecular weight excluding hydrogens is 217 g/mol. The average molecular weight is 229 g/mol. The van der Waals surface area contributed by atoms with E-state index < -0.39 is 15.8 Å². The quantitative estimate of drug-likeness (QED) is 0.798. The Bertz CT molecular complexity index is 468. The van der Waals surface area contributed by atoms with Gasteiger partial charge in [0.05, 0.1) is 0 Å². The first-order valence-electron chi connectivity index (χ1n) is 4.32. The first-order valence-corrected chi connectivity index (χ1v) is 5.80. The Kier molecular flexibility index (Phi) is 3.60. The zero-order chi connectivity index (χ0) is 11.5. The fourth-order valence-electron chi connectivity index (χ4n) is 0.959. The lowest BCUT2D eigenvalue weighted by molar-refractivity contribution is 0.559. The molecule has 0 atom stereocenters. The molecule has 0 aromatic heterocycles. The van der Waals surface area contributed by atoms with Crippen LogP contribution >= 0.6 is 0 Å². The van der Waals surface area contributed by atoms with Crippen molar-refractivity contribution >= 4 is 10.0 Å². The van der Waals surface area contributed by atoms with Crippen molar-refractivity contribution in [1.82, 2.24) is 4.72 Å². The molecule has 15 heavy (non-hydrogen) atoms. The number of benzene rings is 1. The number of hydrogen-bond donors (Lipinski definition) is 1. The molecule has 0 unspecified atom stereocenters. The van der Waals surface area contributed by atoms with E-state index in [4.69, 9.17) is 0 Å². The standard InChI is InChI=1S/C10H12FNO2S/c1-8(2)7-12-15(13,14)10-6-4-3-5-9(10)11/h3-6,12H,1,7H2,2H3. The molecule has 0 amide bonds. The zero-order valence-corrected chi connectivity index (χ0v) is 9.14. The molecule has 0 radical (unpaired) electrons. The van der Waals surface area contributed by atoms with Gasteiger partial charge in [-0.2, -0.15) is 0 Å². The molecule has 3 nitrogen and oxygen atoms in total. The van der Waals surface area contributed by atoms with Crippen molar-refractivity contribution in [3.63, 3.8) is 0 Å². The minimum Gasteiger partial charge on any atom is -0.207 e. The van der Waals surface area contributed by atoms with Crippen LogP contribution in [0.2, 0.25) is 0 Å². The SMILES string of the molecule is C=C(C)CNS(=O)(=O)c1ccccc1F. The lowest BCUT2D eigenvalue weighted by Crippen LogP contribution is -2.26. The largest absolute Gasteiger partial charge is 0.243 e. The summed E-state index contributed by atoms with van der Waals surface area (Å²) >= 11 is 0. The van der Waals surface area contributed by atoms with Crippen LogP contribution in [0.15, 0.2) is 41.3 Å². The fourth-order valence-corrected chi connectivity index (χ4v) is 2.13. The van der Waals surface area contributed by atoms with Gasteiger partial charge < -0.3 is 0 Å². The lowest BCUT2D eigenvalue weighted by atomic mass is 10.3. The zero-order valence-electron chi connectivity index (χ0n) is 8.33. The molecule has 1 rings (SSSR count). The van der Waals surface area contributed by atoms with Crippen LogP contribution in [0.4, 0.5) is 4.39 Å². The molecule has 0 saturated carbocycles. The molecule has 0 bridgehead atoms. The Morgan fingerprint density at radius 1 is 1.47 bits per heavy atom. The first-order chi connectivity index (χ1) is 6.93. The van der Waals surface area contributed by atoms with Gasteiger partial charge in [-0.25, -0.2) is 17.5 Å². The molecule has 1 aromatic rings. The summed E-state index contributed by atoms with van der Waals surface area (Å²) in [6.07, 6.45) is 0. The summed E-state index contributed by atoms with van der Waals surface area (Å²) in [5.74, 6) is -0.758. The van der Waals surface area contributed by atoms with Crippen LogP contribution in [0.5, 0.6) is 0 Å². The maximum absolute atomic E-state index is 13.2. The molecule has 0 aliphatic rings. The molecule has 5 heteroatoms. The van der Waals surface area contributed by atoms with Crippen LogP contribution in [0.1, 0.15) is 6.92 Å². The molecule has 0 spiro atoms. The minimum absolute atomic E-state index is 0.108. The van der Waals surface area contributed by atoms with Gasteiger partial charge in [-0.15, -0.1) is 0 Å². The van der Waals surface area contributed by atoms with Gasteiger partial charge in [-0.1, -0.05) is 24.3 Å². The molecule has 0 heterocycles. The maximum atomic E-state index is 13.2. The Morgan fingerprint density at radius 3 is 2.60 bits per heavy atom. The van der Waals surface area contributed by atoms with E-state index in [9.17, 15) is 12.8 Å².